The molecule has 0 amide bonds. The van der Waals surface area contributed by atoms with Crippen molar-refractivity contribution in [1.29, 1.82) is 0 Å². The minimum atomic E-state index is -4.00. The molecule has 0 aliphatic rings. The largest absolute Gasteiger partial charge is 0.464 e. The molecular weight excluding hydrogens is 288 g/mol. The van der Waals surface area contributed by atoms with E-state index in [1.54, 1.807) is 13.8 Å². The van der Waals surface area contributed by atoms with Crippen LogP contribution < -0.4 is 9.44 Å². The maximum atomic E-state index is 11.7. The van der Waals surface area contributed by atoms with Gasteiger partial charge in [0, 0.05) is 6.54 Å². The zero-order chi connectivity index (χ0) is 15.8. The third-order valence-corrected chi connectivity index (χ3v) is 3.09. The molecule has 0 aliphatic carbocycles. The maximum Gasteiger partial charge on any atom is 0.335 e. The standard InChI is InChI=1S/C11H22N2O6S/c1-5-18-10(14)9(11(15)19-6-2)13-20(16,17)12-7-8(3)4/h8-9,12-13H,5-7H2,1-4H3. The van der Waals surface area contributed by atoms with Crippen LogP contribution in [0.4, 0.5) is 0 Å². The van der Waals surface area contributed by atoms with Crippen LogP contribution in [0.1, 0.15) is 27.7 Å². The normalized spacial score (nSPS) is 11.7. The maximum absolute atomic E-state index is 11.7. The van der Waals surface area contributed by atoms with Crippen LogP contribution in [0.3, 0.4) is 0 Å². The molecule has 0 aromatic carbocycles. The second-order valence-corrected chi connectivity index (χ2v) is 5.83. The molecule has 0 heterocycles. The number of carbonyl (C=O) groups excluding carboxylic acids is 2. The Hall–Kier alpha value is -1.19. The van der Waals surface area contributed by atoms with Crippen molar-refractivity contribution < 1.29 is 27.5 Å². The van der Waals surface area contributed by atoms with Gasteiger partial charge in [-0.05, 0) is 19.8 Å². The number of carbonyl (C=O) groups is 2. The summed E-state index contributed by atoms with van der Waals surface area (Å²) in [6, 6.07) is -1.71. The van der Waals surface area contributed by atoms with Gasteiger partial charge in [-0.2, -0.15) is 13.1 Å². The van der Waals surface area contributed by atoms with Crippen molar-refractivity contribution in [2.45, 2.75) is 33.7 Å². The predicted octanol–water partition coefficient (Wildman–Crippen LogP) is -0.439. The highest BCUT2D eigenvalue weighted by molar-refractivity contribution is 7.87. The number of hydrogen-bond acceptors (Lipinski definition) is 6. The highest BCUT2D eigenvalue weighted by atomic mass is 32.2. The van der Waals surface area contributed by atoms with Gasteiger partial charge in [0.05, 0.1) is 13.2 Å². The van der Waals surface area contributed by atoms with Gasteiger partial charge in [0.15, 0.2) is 0 Å². The molecule has 0 saturated carbocycles. The smallest absolute Gasteiger partial charge is 0.335 e. The van der Waals surface area contributed by atoms with E-state index in [0.29, 0.717) is 0 Å². The van der Waals surface area contributed by atoms with Crippen LogP contribution in [0.15, 0.2) is 0 Å². The van der Waals surface area contributed by atoms with E-state index in [4.69, 9.17) is 0 Å². The summed E-state index contributed by atoms with van der Waals surface area (Å²) in [7, 11) is -4.00. The first-order chi connectivity index (χ1) is 9.23. The highest BCUT2D eigenvalue weighted by Gasteiger charge is 2.33. The number of ether oxygens (including phenoxy) is 2. The Morgan fingerprint density at radius 3 is 1.85 bits per heavy atom. The van der Waals surface area contributed by atoms with Crippen LogP contribution in [0, 0.1) is 5.92 Å². The van der Waals surface area contributed by atoms with E-state index in [-0.39, 0.29) is 25.7 Å². The van der Waals surface area contributed by atoms with Crippen molar-refractivity contribution in [2.24, 2.45) is 5.92 Å². The highest BCUT2D eigenvalue weighted by Crippen LogP contribution is 1.97. The quantitative estimate of drug-likeness (QED) is 0.441. The van der Waals surface area contributed by atoms with Gasteiger partial charge in [0.25, 0.3) is 10.2 Å². The van der Waals surface area contributed by atoms with Crippen LogP contribution in [-0.2, 0) is 29.3 Å². The van der Waals surface area contributed by atoms with Gasteiger partial charge in [0.1, 0.15) is 0 Å². The van der Waals surface area contributed by atoms with E-state index in [9.17, 15) is 18.0 Å². The summed E-state index contributed by atoms with van der Waals surface area (Å²) in [6.45, 7) is 6.95. The molecule has 8 nitrogen and oxygen atoms in total. The fourth-order valence-electron chi connectivity index (χ4n) is 1.12. The summed E-state index contributed by atoms with van der Waals surface area (Å²) in [5.41, 5.74) is 0. The second-order valence-electron chi connectivity index (χ2n) is 4.30. The van der Waals surface area contributed by atoms with E-state index in [1.807, 2.05) is 18.6 Å². The zero-order valence-corrected chi connectivity index (χ0v) is 13.0. The molecule has 0 spiro atoms. The lowest BCUT2D eigenvalue weighted by molar-refractivity contribution is -0.157. The first-order valence-electron chi connectivity index (χ1n) is 6.33. The minimum absolute atomic E-state index is 0.0237. The minimum Gasteiger partial charge on any atom is -0.464 e. The molecule has 2 N–H and O–H groups in total. The second kappa shape index (κ2) is 8.88. The number of nitrogens with one attached hydrogen (secondary N) is 2. The average Bonchev–Trinajstić information content (AvgIpc) is 2.34. The molecule has 0 unspecified atom stereocenters. The Morgan fingerprint density at radius 2 is 1.50 bits per heavy atom. The number of hydrogen-bond donors (Lipinski definition) is 2. The van der Waals surface area contributed by atoms with Gasteiger partial charge >= 0.3 is 11.9 Å². The van der Waals surface area contributed by atoms with Gasteiger partial charge in [-0.25, -0.2) is 14.3 Å². The molecule has 0 atom stereocenters. The van der Waals surface area contributed by atoms with E-state index in [1.165, 1.54) is 0 Å². The lowest BCUT2D eigenvalue weighted by atomic mass is 10.2. The fraction of sp³-hybridized carbons (Fsp3) is 0.818. The molecule has 0 aliphatic heterocycles. The van der Waals surface area contributed by atoms with Gasteiger partial charge in [-0.1, -0.05) is 13.8 Å². The monoisotopic (exact) mass is 310 g/mol. The van der Waals surface area contributed by atoms with Crippen LogP contribution in [-0.4, -0.2) is 46.2 Å². The molecule has 0 radical (unpaired) electrons. The molecule has 0 fully saturated rings. The molecule has 0 bridgehead atoms. The Morgan fingerprint density at radius 1 is 1.05 bits per heavy atom. The lowest BCUT2D eigenvalue weighted by Crippen LogP contribution is -2.52. The van der Waals surface area contributed by atoms with Crippen LogP contribution in [0.2, 0.25) is 0 Å². The van der Waals surface area contributed by atoms with E-state index < -0.39 is 28.2 Å². The van der Waals surface area contributed by atoms with E-state index in [0.717, 1.165) is 0 Å². The number of esters is 2. The van der Waals surface area contributed by atoms with Crippen LogP contribution in [0.5, 0.6) is 0 Å². The fourth-order valence-corrected chi connectivity index (χ4v) is 2.26. The molecular formula is C11H22N2O6S. The van der Waals surface area contributed by atoms with Crippen molar-refractivity contribution >= 4 is 22.1 Å². The number of rotatable bonds is 9. The Labute approximate surface area is 119 Å². The average molecular weight is 310 g/mol. The third-order valence-electron chi connectivity index (χ3n) is 2.00. The first-order valence-corrected chi connectivity index (χ1v) is 7.82. The van der Waals surface area contributed by atoms with Crippen LogP contribution >= 0.6 is 0 Å². The van der Waals surface area contributed by atoms with Gasteiger partial charge in [-0.15, -0.1) is 0 Å². The summed E-state index contributed by atoms with van der Waals surface area (Å²) in [5.74, 6) is -1.92. The zero-order valence-electron chi connectivity index (χ0n) is 12.1. The van der Waals surface area contributed by atoms with Crippen molar-refractivity contribution in [3.05, 3.63) is 0 Å². The summed E-state index contributed by atoms with van der Waals surface area (Å²) in [6.07, 6.45) is 0. The third kappa shape index (κ3) is 7.41. The molecule has 0 rings (SSSR count). The SMILES string of the molecule is CCOC(=O)C(NS(=O)(=O)NCC(C)C)C(=O)OCC. The first kappa shape index (κ1) is 18.8. The Kier molecular flexibility index (Phi) is 8.35. The lowest BCUT2D eigenvalue weighted by Gasteiger charge is -2.16. The van der Waals surface area contributed by atoms with Gasteiger partial charge < -0.3 is 9.47 Å². The molecule has 20 heavy (non-hydrogen) atoms. The molecule has 0 aromatic heterocycles. The molecule has 0 aromatic rings. The van der Waals surface area contributed by atoms with Crippen LogP contribution in [0.25, 0.3) is 0 Å². The molecule has 9 heteroatoms. The van der Waals surface area contributed by atoms with Crippen molar-refractivity contribution in [3.8, 4) is 0 Å². The molecule has 118 valence electrons. The van der Waals surface area contributed by atoms with E-state index >= 15 is 0 Å². The predicted molar refractivity (Wildman–Crippen MR) is 72.0 cm³/mol. The Bertz CT molecular complexity index is 403. The van der Waals surface area contributed by atoms with Crippen molar-refractivity contribution in [1.82, 2.24) is 9.44 Å². The van der Waals surface area contributed by atoms with Crippen molar-refractivity contribution in [3.63, 3.8) is 0 Å². The Balaban J connectivity index is 4.87. The van der Waals surface area contributed by atoms with Gasteiger partial charge in [0.2, 0.25) is 6.04 Å². The summed E-state index contributed by atoms with van der Waals surface area (Å²) in [5, 5.41) is 0. The van der Waals surface area contributed by atoms with Crippen molar-refractivity contribution in [2.75, 3.05) is 19.8 Å². The van der Waals surface area contributed by atoms with Gasteiger partial charge in [-0.3, -0.25) is 0 Å². The van der Waals surface area contributed by atoms with E-state index in [2.05, 4.69) is 14.2 Å². The summed E-state index contributed by atoms with van der Waals surface area (Å²) < 4.78 is 36.9. The summed E-state index contributed by atoms with van der Waals surface area (Å²) in [4.78, 5) is 23.2. The molecule has 0 saturated heterocycles. The summed E-state index contributed by atoms with van der Waals surface area (Å²) >= 11 is 0. The topological polar surface area (TPSA) is 111 Å².